The molecule has 1 fully saturated rings. The van der Waals surface area contributed by atoms with Crippen molar-refractivity contribution in [1.29, 1.82) is 0 Å². The van der Waals surface area contributed by atoms with E-state index in [1.54, 1.807) is 0 Å². The van der Waals surface area contributed by atoms with E-state index >= 15 is 0 Å². The Morgan fingerprint density at radius 1 is 1.09 bits per heavy atom. The molecule has 35 heavy (non-hydrogen) atoms. The van der Waals surface area contributed by atoms with Gasteiger partial charge in [0.2, 0.25) is 0 Å². The van der Waals surface area contributed by atoms with Gasteiger partial charge in [-0.25, -0.2) is 8.42 Å². The van der Waals surface area contributed by atoms with Crippen molar-refractivity contribution in [3.8, 4) is 5.75 Å². The van der Waals surface area contributed by atoms with Crippen LogP contribution in [0, 0.1) is 0 Å². The van der Waals surface area contributed by atoms with Crippen LogP contribution < -0.4 is 10.1 Å². The number of sulfone groups is 1. The van der Waals surface area contributed by atoms with Crippen molar-refractivity contribution in [3.63, 3.8) is 0 Å². The molecule has 2 aromatic carbocycles. The first kappa shape index (κ1) is 28.1. The monoisotopic (exact) mass is 551 g/mol. The van der Waals surface area contributed by atoms with Gasteiger partial charge in [0.05, 0.1) is 24.5 Å². The van der Waals surface area contributed by atoms with Gasteiger partial charge in [-0.2, -0.15) is 13.2 Å². The molecule has 1 atom stereocenters. The van der Waals surface area contributed by atoms with Gasteiger partial charge in [-0.15, -0.1) is 12.4 Å². The van der Waals surface area contributed by atoms with Crippen molar-refractivity contribution in [1.82, 2.24) is 5.32 Å². The highest BCUT2D eigenvalue weighted by Crippen LogP contribution is 2.53. The van der Waals surface area contributed by atoms with E-state index in [-0.39, 0.29) is 42.6 Å². The summed E-state index contributed by atoms with van der Waals surface area (Å²) in [5.41, 5.74) is 3.72. The second-order valence-corrected chi connectivity index (χ2v) is 12.0. The lowest BCUT2D eigenvalue weighted by atomic mass is 9.58. The van der Waals surface area contributed by atoms with E-state index in [1.807, 2.05) is 24.3 Å². The van der Waals surface area contributed by atoms with Crippen LogP contribution in [0.1, 0.15) is 54.8 Å². The third-order valence-corrected chi connectivity index (χ3v) is 8.94. The molecule has 2 aromatic rings. The molecule has 4 nitrogen and oxygen atoms in total. The first-order valence-electron chi connectivity index (χ1n) is 11.6. The van der Waals surface area contributed by atoms with Crippen molar-refractivity contribution in [2.45, 2.75) is 56.2 Å². The van der Waals surface area contributed by atoms with Crippen LogP contribution in [0.15, 0.2) is 42.5 Å². The molecular formula is C25H30Cl2F3NO3S. The number of benzene rings is 2. The summed E-state index contributed by atoms with van der Waals surface area (Å²) in [5.74, 6) is -0.557. The predicted molar refractivity (Wildman–Crippen MR) is 135 cm³/mol. The zero-order valence-corrected chi connectivity index (χ0v) is 21.6. The standard InChI is InChI=1S/C25H29ClF3NO3S.ClH/c26-20-6-4-19(5-7-20)24(10-1-11-24)23-22-17-21(8-3-18(22)9-13-30-23)33-14-2-15-34(31,32)16-12-25(27,28)29;/h3-8,17,23,30H,1-2,9-16H2;1H. The van der Waals surface area contributed by atoms with Crippen molar-refractivity contribution in [2.75, 3.05) is 24.7 Å². The van der Waals surface area contributed by atoms with E-state index in [9.17, 15) is 21.6 Å². The van der Waals surface area contributed by atoms with Crippen molar-refractivity contribution < 1.29 is 26.3 Å². The molecule has 0 saturated heterocycles. The lowest BCUT2D eigenvalue weighted by Gasteiger charge is -2.50. The maximum atomic E-state index is 12.3. The second-order valence-electron chi connectivity index (χ2n) is 9.23. The molecule has 2 aliphatic rings. The molecule has 1 unspecified atom stereocenters. The molecule has 1 saturated carbocycles. The molecule has 1 heterocycles. The van der Waals surface area contributed by atoms with Crippen LogP contribution in [0.3, 0.4) is 0 Å². The third-order valence-electron chi connectivity index (χ3n) is 6.95. The number of alkyl halides is 3. The highest BCUT2D eigenvalue weighted by atomic mass is 35.5. The smallest absolute Gasteiger partial charge is 0.390 e. The minimum absolute atomic E-state index is 0. The fourth-order valence-electron chi connectivity index (χ4n) is 5.04. The van der Waals surface area contributed by atoms with Crippen LogP contribution in [0.2, 0.25) is 5.02 Å². The molecule has 0 radical (unpaired) electrons. The van der Waals surface area contributed by atoms with Crippen LogP contribution in [-0.2, 0) is 21.7 Å². The number of halogens is 5. The SMILES string of the molecule is Cl.O=S(=O)(CCCOc1ccc2c(c1)C(C1(c3ccc(Cl)cc3)CCC1)NCC2)CCC(F)(F)F. The van der Waals surface area contributed by atoms with E-state index in [2.05, 4.69) is 23.5 Å². The molecule has 4 rings (SSSR count). The first-order chi connectivity index (χ1) is 16.1. The average Bonchev–Trinajstić information content (AvgIpc) is 2.76. The van der Waals surface area contributed by atoms with E-state index in [0.717, 1.165) is 32.2 Å². The van der Waals surface area contributed by atoms with Gasteiger partial charge in [0.25, 0.3) is 0 Å². The van der Waals surface area contributed by atoms with Crippen LogP contribution >= 0.6 is 24.0 Å². The summed E-state index contributed by atoms with van der Waals surface area (Å²) in [7, 11) is -3.76. The highest BCUT2D eigenvalue weighted by Gasteiger charge is 2.47. The maximum absolute atomic E-state index is 12.3. The van der Waals surface area contributed by atoms with E-state index in [0.29, 0.717) is 10.8 Å². The minimum Gasteiger partial charge on any atom is -0.494 e. The van der Waals surface area contributed by atoms with Crippen LogP contribution in [-0.4, -0.2) is 39.3 Å². The van der Waals surface area contributed by atoms with Gasteiger partial charge in [0.1, 0.15) is 5.75 Å². The topological polar surface area (TPSA) is 55.4 Å². The molecule has 10 heteroatoms. The second kappa shape index (κ2) is 11.3. The Bertz CT molecular complexity index is 1100. The van der Waals surface area contributed by atoms with Crippen molar-refractivity contribution in [3.05, 3.63) is 64.2 Å². The van der Waals surface area contributed by atoms with Crippen LogP contribution in [0.4, 0.5) is 13.2 Å². The highest BCUT2D eigenvalue weighted by molar-refractivity contribution is 7.91. The van der Waals surface area contributed by atoms with Crippen LogP contribution in [0.5, 0.6) is 5.75 Å². The lowest BCUT2D eigenvalue weighted by molar-refractivity contribution is -0.129. The molecule has 1 N–H and O–H groups in total. The maximum Gasteiger partial charge on any atom is 0.390 e. The summed E-state index contributed by atoms with van der Waals surface area (Å²) in [5, 5.41) is 4.43. The van der Waals surface area contributed by atoms with E-state index in [1.165, 1.54) is 16.7 Å². The zero-order valence-electron chi connectivity index (χ0n) is 19.2. The third kappa shape index (κ3) is 6.85. The Balaban J connectivity index is 0.00000342. The van der Waals surface area contributed by atoms with Gasteiger partial charge in [0, 0.05) is 16.5 Å². The van der Waals surface area contributed by atoms with Gasteiger partial charge >= 0.3 is 6.18 Å². The Hall–Kier alpha value is -1.48. The number of hydrogen-bond acceptors (Lipinski definition) is 4. The summed E-state index contributed by atoms with van der Waals surface area (Å²) in [6.45, 7) is 1.02. The first-order valence-corrected chi connectivity index (χ1v) is 13.8. The Morgan fingerprint density at radius 3 is 2.43 bits per heavy atom. The minimum atomic E-state index is -4.47. The van der Waals surface area contributed by atoms with E-state index in [4.69, 9.17) is 16.3 Å². The van der Waals surface area contributed by atoms with Crippen molar-refractivity contribution in [2.24, 2.45) is 0 Å². The Kier molecular flexibility index (Phi) is 9.05. The fraction of sp³-hybridized carbons (Fsp3) is 0.520. The van der Waals surface area contributed by atoms with Gasteiger partial charge in [-0.05, 0) is 73.2 Å². The average molecular weight is 552 g/mol. The molecular weight excluding hydrogens is 522 g/mol. The largest absolute Gasteiger partial charge is 0.494 e. The lowest BCUT2D eigenvalue weighted by Crippen LogP contribution is -2.49. The number of hydrogen-bond donors (Lipinski definition) is 1. The van der Waals surface area contributed by atoms with Gasteiger partial charge in [-0.3, -0.25) is 0 Å². The summed E-state index contributed by atoms with van der Waals surface area (Å²) >= 11 is 6.12. The summed E-state index contributed by atoms with van der Waals surface area (Å²) < 4.78 is 66.4. The number of fused-ring (bicyclic) bond motifs is 1. The Morgan fingerprint density at radius 2 is 1.80 bits per heavy atom. The van der Waals surface area contributed by atoms with Gasteiger partial charge in [0.15, 0.2) is 9.84 Å². The molecule has 0 aromatic heterocycles. The van der Waals surface area contributed by atoms with Gasteiger partial charge in [-0.1, -0.05) is 36.2 Å². The summed E-state index contributed by atoms with van der Waals surface area (Å²) in [6, 6.07) is 14.2. The van der Waals surface area contributed by atoms with E-state index < -0.39 is 28.2 Å². The normalized spacial score (nSPS) is 19.3. The molecule has 0 amide bonds. The van der Waals surface area contributed by atoms with Crippen LogP contribution in [0.25, 0.3) is 0 Å². The molecule has 1 aliphatic carbocycles. The number of ether oxygens (including phenoxy) is 1. The summed E-state index contributed by atoms with van der Waals surface area (Å²) in [6.07, 6.45) is -1.41. The Labute approximate surface area is 215 Å². The fourth-order valence-corrected chi connectivity index (χ4v) is 6.47. The van der Waals surface area contributed by atoms with Crippen molar-refractivity contribution >= 4 is 33.8 Å². The predicted octanol–water partition coefficient (Wildman–Crippen LogP) is 6.21. The molecule has 1 aliphatic heterocycles. The number of nitrogens with one attached hydrogen (secondary N) is 1. The molecule has 0 spiro atoms. The van der Waals surface area contributed by atoms with Gasteiger partial charge < -0.3 is 10.1 Å². The molecule has 194 valence electrons. The number of rotatable bonds is 9. The quantitative estimate of drug-likeness (QED) is 0.376. The molecule has 0 bridgehead atoms. The zero-order chi connectivity index (χ0) is 24.4. The summed E-state index contributed by atoms with van der Waals surface area (Å²) in [4.78, 5) is 0.